The SMILES string of the molecule is CN(Cc1ccc(F)cc1)CC(O)C(F)(F)F. The summed E-state index contributed by atoms with van der Waals surface area (Å²) in [5.41, 5.74) is 0.684. The molecule has 1 aromatic rings. The molecular formula is C11H13F4NO. The molecule has 6 heteroatoms. The number of aliphatic hydroxyl groups is 1. The Kier molecular flexibility index (Phi) is 4.47. The molecule has 0 aliphatic carbocycles. The van der Waals surface area contributed by atoms with Crippen LogP contribution in [0.3, 0.4) is 0 Å². The molecule has 0 amide bonds. The van der Waals surface area contributed by atoms with Crippen molar-refractivity contribution in [3.05, 3.63) is 35.6 Å². The van der Waals surface area contributed by atoms with Gasteiger partial charge in [0.2, 0.25) is 0 Å². The van der Waals surface area contributed by atoms with Crippen molar-refractivity contribution in [3.63, 3.8) is 0 Å². The molecule has 17 heavy (non-hydrogen) atoms. The zero-order valence-electron chi connectivity index (χ0n) is 9.21. The van der Waals surface area contributed by atoms with Gasteiger partial charge in [0.25, 0.3) is 0 Å². The zero-order chi connectivity index (χ0) is 13.1. The van der Waals surface area contributed by atoms with Gasteiger partial charge in [0.15, 0.2) is 6.10 Å². The summed E-state index contributed by atoms with van der Waals surface area (Å²) in [7, 11) is 1.46. The normalized spacial score (nSPS) is 14.1. The van der Waals surface area contributed by atoms with Crippen molar-refractivity contribution < 1.29 is 22.7 Å². The summed E-state index contributed by atoms with van der Waals surface area (Å²) in [5, 5.41) is 8.85. The number of benzene rings is 1. The average molecular weight is 251 g/mol. The minimum Gasteiger partial charge on any atom is -0.382 e. The zero-order valence-corrected chi connectivity index (χ0v) is 9.21. The third-order valence-electron chi connectivity index (χ3n) is 2.23. The van der Waals surface area contributed by atoms with E-state index in [2.05, 4.69) is 0 Å². The van der Waals surface area contributed by atoms with Gasteiger partial charge in [0.05, 0.1) is 0 Å². The average Bonchev–Trinajstić information content (AvgIpc) is 2.20. The molecule has 1 rings (SSSR count). The maximum Gasteiger partial charge on any atom is 0.415 e. The first-order valence-electron chi connectivity index (χ1n) is 4.97. The fourth-order valence-corrected chi connectivity index (χ4v) is 1.36. The second-order valence-electron chi connectivity index (χ2n) is 3.88. The first-order valence-corrected chi connectivity index (χ1v) is 4.97. The Labute approximate surface area is 96.5 Å². The van der Waals surface area contributed by atoms with Crippen LogP contribution in [0.1, 0.15) is 5.56 Å². The molecule has 0 fully saturated rings. The molecule has 1 N–H and O–H groups in total. The molecular weight excluding hydrogens is 238 g/mol. The smallest absolute Gasteiger partial charge is 0.382 e. The van der Waals surface area contributed by atoms with Crippen molar-refractivity contribution in [2.45, 2.75) is 18.8 Å². The van der Waals surface area contributed by atoms with Crippen LogP contribution in [0.2, 0.25) is 0 Å². The van der Waals surface area contributed by atoms with Gasteiger partial charge in [-0.3, -0.25) is 4.90 Å². The lowest BCUT2D eigenvalue weighted by Crippen LogP contribution is -2.39. The van der Waals surface area contributed by atoms with Crippen molar-refractivity contribution in [2.24, 2.45) is 0 Å². The topological polar surface area (TPSA) is 23.5 Å². The highest BCUT2D eigenvalue weighted by molar-refractivity contribution is 5.15. The summed E-state index contributed by atoms with van der Waals surface area (Å²) in [4.78, 5) is 1.32. The van der Waals surface area contributed by atoms with E-state index >= 15 is 0 Å². The van der Waals surface area contributed by atoms with E-state index in [4.69, 9.17) is 5.11 Å². The highest BCUT2D eigenvalue weighted by Gasteiger charge is 2.38. The van der Waals surface area contributed by atoms with Crippen LogP contribution in [0.5, 0.6) is 0 Å². The van der Waals surface area contributed by atoms with Crippen molar-refractivity contribution in [2.75, 3.05) is 13.6 Å². The number of halogens is 4. The molecule has 0 aliphatic heterocycles. The highest BCUT2D eigenvalue weighted by atomic mass is 19.4. The number of likely N-dealkylation sites (N-methyl/N-ethyl adjacent to an activating group) is 1. The third kappa shape index (κ3) is 4.70. The maximum atomic E-state index is 12.6. The van der Waals surface area contributed by atoms with Crippen LogP contribution in [0.4, 0.5) is 17.6 Å². The maximum absolute atomic E-state index is 12.6. The number of hydrogen-bond donors (Lipinski definition) is 1. The molecule has 2 nitrogen and oxygen atoms in total. The van der Waals surface area contributed by atoms with E-state index in [-0.39, 0.29) is 6.54 Å². The van der Waals surface area contributed by atoms with Crippen LogP contribution in [0, 0.1) is 5.82 Å². The van der Waals surface area contributed by atoms with Gasteiger partial charge in [-0.25, -0.2) is 4.39 Å². The summed E-state index contributed by atoms with van der Waals surface area (Å²) >= 11 is 0. The van der Waals surface area contributed by atoms with Gasteiger partial charge in [0, 0.05) is 13.1 Å². The molecule has 0 spiro atoms. The van der Waals surface area contributed by atoms with Crippen LogP contribution in [-0.4, -0.2) is 35.9 Å². The fourth-order valence-electron chi connectivity index (χ4n) is 1.36. The Hall–Kier alpha value is -1.14. The van der Waals surface area contributed by atoms with Gasteiger partial charge >= 0.3 is 6.18 Å². The molecule has 0 aliphatic rings. The minimum atomic E-state index is -4.61. The Balaban J connectivity index is 2.50. The number of nitrogens with zero attached hydrogens (tertiary/aromatic N) is 1. The summed E-state index contributed by atoms with van der Waals surface area (Å²) < 4.78 is 48.8. The lowest BCUT2D eigenvalue weighted by molar-refractivity contribution is -0.207. The summed E-state index contributed by atoms with van der Waals surface area (Å²) in [6.45, 7) is -0.297. The van der Waals surface area contributed by atoms with Crippen molar-refractivity contribution in [1.29, 1.82) is 0 Å². The van der Waals surface area contributed by atoms with Crippen LogP contribution in [0.15, 0.2) is 24.3 Å². The van der Waals surface area contributed by atoms with Gasteiger partial charge in [-0.15, -0.1) is 0 Å². The monoisotopic (exact) mass is 251 g/mol. The molecule has 96 valence electrons. The second-order valence-corrected chi connectivity index (χ2v) is 3.88. The van der Waals surface area contributed by atoms with E-state index < -0.39 is 24.6 Å². The largest absolute Gasteiger partial charge is 0.415 e. The summed E-state index contributed by atoms with van der Waals surface area (Å²) in [6.07, 6.45) is -6.98. The molecule has 0 heterocycles. The molecule has 1 atom stereocenters. The molecule has 1 aromatic carbocycles. The van der Waals surface area contributed by atoms with Crippen molar-refractivity contribution in [3.8, 4) is 0 Å². The van der Waals surface area contributed by atoms with E-state index in [1.165, 1.54) is 36.2 Å². The molecule has 0 aromatic heterocycles. The van der Waals surface area contributed by atoms with Gasteiger partial charge in [0.1, 0.15) is 5.82 Å². The van der Waals surface area contributed by atoms with Gasteiger partial charge in [-0.2, -0.15) is 13.2 Å². The Morgan fingerprint density at radius 1 is 1.24 bits per heavy atom. The van der Waals surface area contributed by atoms with E-state index in [0.717, 1.165) is 0 Å². The second kappa shape index (κ2) is 5.46. The van der Waals surface area contributed by atoms with Crippen LogP contribution in [-0.2, 0) is 6.54 Å². The summed E-state index contributed by atoms with van der Waals surface area (Å²) in [5.74, 6) is -0.397. The lowest BCUT2D eigenvalue weighted by atomic mass is 10.2. The van der Waals surface area contributed by atoms with E-state index in [9.17, 15) is 17.6 Å². The van der Waals surface area contributed by atoms with E-state index in [1.807, 2.05) is 0 Å². The van der Waals surface area contributed by atoms with Gasteiger partial charge < -0.3 is 5.11 Å². The first-order chi connectivity index (χ1) is 7.79. The molecule has 0 saturated carbocycles. The van der Waals surface area contributed by atoms with Gasteiger partial charge in [-0.1, -0.05) is 12.1 Å². The van der Waals surface area contributed by atoms with Crippen LogP contribution >= 0.6 is 0 Å². The van der Waals surface area contributed by atoms with Crippen molar-refractivity contribution >= 4 is 0 Å². The minimum absolute atomic E-state index is 0.216. The van der Waals surface area contributed by atoms with Crippen LogP contribution in [0.25, 0.3) is 0 Å². The molecule has 0 bridgehead atoms. The van der Waals surface area contributed by atoms with Gasteiger partial charge in [-0.05, 0) is 24.7 Å². The third-order valence-corrected chi connectivity index (χ3v) is 2.23. The standard InChI is InChI=1S/C11H13F4NO/c1-16(7-10(17)11(13,14)15)6-8-2-4-9(12)5-3-8/h2-5,10,17H,6-7H2,1H3. The molecule has 0 radical (unpaired) electrons. The fraction of sp³-hybridized carbons (Fsp3) is 0.455. The summed E-state index contributed by atoms with van der Waals surface area (Å²) in [6, 6.07) is 5.46. The number of alkyl halides is 3. The highest BCUT2D eigenvalue weighted by Crippen LogP contribution is 2.20. The number of rotatable bonds is 4. The molecule has 1 unspecified atom stereocenters. The Bertz CT molecular complexity index is 349. The van der Waals surface area contributed by atoms with E-state index in [0.29, 0.717) is 5.56 Å². The Morgan fingerprint density at radius 2 is 1.76 bits per heavy atom. The molecule has 0 saturated heterocycles. The predicted octanol–water partition coefficient (Wildman–Crippen LogP) is 2.18. The Morgan fingerprint density at radius 3 is 2.24 bits per heavy atom. The quantitative estimate of drug-likeness (QED) is 0.829. The lowest BCUT2D eigenvalue weighted by Gasteiger charge is -2.22. The van der Waals surface area contributed by atoms with Crippen LogP contribution < -0.4 is 0 Å². The number of hydrogen-bond acceptors (Lipinski definition) is 2. The number of aliphatic hydroxyl groups excluding tert-OH is 1. The van der Waals surface area contributed by atoms with Crippen molar-refractivity contribution in [1.82, 2.24) is 4.90 Å². The first kappa shape index (κ1) is 13.9. The van der Waals surface area contributed by atoms with E-state index in [1.54, 1.807) is 0 Å². The predicted molar refractivity (Wildman–Crippen MR) is 54.8 cm³/mol.